The van der Waals surface area contributed by atoms with E-state index in [1.807, 2.05) is 36.2 Å². The number of carbonyl (C=O) groups excluding carboxylic acids is 1. The Morgan fingerprint density at radius 2 is 2.04 bits per heavy atom. The average Bonchev–Trinajstić information content (AvgIpc) is 3.07. The van der Waals surface area contributed by atoms with E-state index >= 15 is 0 Å². The van der Waals surface area contributed by atoms with Crippen LogP contribution in [-0.2, 0) is 11.2 Å². The summed E-state index contributed by atoms with van der Waals surface area (Å²) in [5, 5.41) is 6.70. The zero-order valence-electron chi connectivity index (χ0n) is 16.3. The van der Waals surface area contributed by atoms with Crippen LogP contribution in [0.1, 0.15) is 43.0 Å². The Kier molecular flexibility index (Phi) is 4.75. The van der Waals surface area contributed by atoms with Gasteiger partial charge in [0.25, 0.3) is 0 Å². The van der Waals surface area contributed by atoms with Crippen LogP contribution in [0.4, 0.5) is 4.39 Å². The number of benzene rings is 2. The standard InChI is InChI=1S/C23H23FN2O2/c1-14(12-15(2)27)26-23(18-6-4-5-7-21(18)24)19-11-9-16-8-10-17(28-3)13-20(16)22(19)25-26/h4-8,10,12-13,19,23H,9,11H2,1-3H3/b14-12+/t19-,23+/m1/s1. The Morgan fingerprint density at radius 1 is 1.25 bits per heavy atom. The molecular weight excluding hydrogens is 355 g/mol. The number of hydrazone groups is 1. The number of methoxy groups -OCH3 is 1. The minimum absolute atomic E-state index is 0.0480. The molecule has 0 amide bonds. The summed E-state index contributed by atoms with van der Waals surface area (Å²) in [6.07, 6.45) is 3.33. The highest BCUT2D eigenvalue weighted by Gasteiger charge is 2.43. The van der Waals surface area contributed by atoms with Gasteiger partial charge in [-0.15, -0.1) is 0 Å². The first kappa shape index (κ1) is 18.4. The number of ketones is 1. The van der Waals surface area contributed by atoms with Gasteiger partial charge < -0.3 is 4.74 Å². The molecule has 2 aromatic rings. The predicted octanol–water partition coefficient (Wildman–Crippen LogP) is 4.65. The molecule has 2 aromatic carbocycles. The largest absolute Gasteiger partial charge is 0.497 e. The van der Waals surface area contributed by atoms with E-state index in [1.54, 1.807) is 19.3 Å². The zero-order chi connectivity index (χ0) is 19.8. The number of rotatable bonds is 4. The molecule has 28 heavy (non-hydrogen) atoms. The van der Waals surface area contributed by atoms with Gasteiger partial charge in [-0.3, -0.25) is 9.80 Å². The van der Waals surface area contributed by atoms with Crippen LogP contribution in [0.3, 0.4) is 0 Å². The SMILES string of the molecule is COc1ccc2c(c1)C1=NN(/C(C)=C/C(C)=O)[C@@H](c3ccccc3F)[C@@H]1CC2. The molecule has 0 unspecified atom stereocenters. The Balaban J connectivity index is 1.86. The summed E-state index contributed by atoms with van der Waals surface area (Å²) in [6, 6.07) is 12.6. The van der Waals surface area contributed by atoms with Gasteiger partial charge in [-0.25, -0.2) is 4.39 Å². The normalized spacial score (nSPS) is 21.1. The first-order valence-electron chi connectivity index (χ1n) is 9.48. The molecule has 2 aliphatic rings. The second-order valence-corrected chi connectivity index (χ2v) is 7.36. The molecule has 1 heterocycles. The van der Waals surface area contributed by atoms with Gasteiger partial charge in [-0.05, 0) is 50.5 Å². The van der Waals surface area contributed by atoms with Gasteiger partial charge in [0.15, 0.2) is 5.78 Å². The third-order valence-electron chi connectivity index (χ3n) is 5.53. The van der Waals surface area contributed by atoms with Crippen molar-refractivity contribution in [2.24, 2.45) is 11.0 Å². The summed E-state index contributed by atoms with van der Waals surface area (Å²) >= 11 is 0. The minimum atomic E-state index is -0.272. The average molecular weight is 378 g/mol. The van der Waals surface area contributed by atoms with E-state index in [4.69, 9.17) is 9.84 Å². The maximum atomic E-state index is 14.7. The molecule has 0 saturated carbocycles. The van der Waals surface area contributed by atoms with Gasteiger partial charge in [0.1, 0.15) is 11.6 Å². The minimum Gasteiger partial charge on any atom is -0.497 e. The van der Waals surface area contributed by atoms with Crippen molar-refractivity contribution in [3.63, 3.8) is 0 Å². The van der Waals surface area contributed by atoms with Crippen LogP contribution in [0.25, 0.3) is 0 Å². The molecule has 0 N–H and O–H groups in total. The fourth-order valence-electron chi connectivity index (χ4n) is 4.29. The quantitative estimate of drug-likeness (QED) is 0.727. The molecule has 0 radical (unpaired) electrons. The van der Waals surface area contributed by atoms with E-state index < -0.39 is 0 Å². The molecule has 0 aromatic heterocycles. The van der Waals surface area contributed by atoms with Crippen molar-refractivity contribution in [2.45, 2.75) is 32.7 Å². The number of allylic oxidation sites excluding steroid dienone is 2. The molecule has 0 spiro atoms. The van der Waals surface area contributed by atoms with E-state index in [-0.39, 0.29) is 23.6 Å². The molecule has 4 rings (SSSR count). The van der Waals surface area contributed by atoms with Gasteiger partial charge in [-0.1, -0.05) is 24.3 Å². The topological polar surface area (TPSA) is 41.9 Å². The summed E-state index contributed by atoms with van der Waals surface area (Å²) in [6.45, 7) is 3.36. The van der Waals surface area contributed by atoms with Gasteiger partial charge >= 0.3 is 0 Å². The van der Waals surface area contributed by atoms with Crippen LogP contribution in [0.2, 0.25) is 0 Å². The fourth-order valence-corrected chi connectivity index (χ4v) is 4.29. The van der Waals surface area contributed by atoms with E-state index in [9.17, 15) is 9.18 Å². The van der Waals surface area contributed by atoms with Crippen molar-refractivity contribution in [3.8, 4) is 5.75 Å². The van der Waals surface area contributed by atoms with Gasteiger partial charge in [0, 0.05) is 28.8 Å². The van der Waals surface area contributed by atoms with Crippen LogP contribution in [0, 0.1) is 11.7 Å². The van der Waals surface area contributed by atoms with Crippen LogP contribution in [0.15, 0.2) is 59.3 Å². The highest BCUT2D eigenvalue weighted by molar-refractivity contribution is 6.06. The smallest absolute Gasteiger partial charge is 0.154 e. The number of carbonyl (C=O) groups is 1. The number of fused-ring (bicyclic) bond motifs is 3. The molecule has 5 heteroatoms. The van der Waals surface area contributed by atoms with Crippen molar-refractivity contribution < 1.29 is 13.9 Å². The molecule has 1 aliphatic heterocycles. The maximum Gasteiger partial charge on any atom is 0.154 e. The van der Waals surface area contributed by atoms with Crippen molar-refractivity contribution in [2.75, 3.05) is 7.11 Å². The van der Waals surface area contributed by atoms with Crippen LogP contribution >= 0.6 is 0 Å². The molecule has 0 fully saturated rings. The lowest BCUT2D eigenvalue weighted by atomic mass is 9.77. The maximum absolute atomic E-state index is 14.7. The molecule has 2 atom stereocenters. The van der Waals surface area contributed by atoms with Crippen LogP contribution in [-0.4, -0.2) is 23.6 Å². The van der Waals surface area contributed by atoms with Crippen molar-refractivity contribution in [3.05, 3.63) is 76.7 Å². The predicted molar refractivity (Wildman–Crippen MR) is 107 cm³/mol. The van der Waals surface area contributed by atoms with Gasteiger partial charge in [-0.2, -0.15) is 5.10 Å². The number of aryl methyl sites for hydroxylation is 1. The Labute approximate surface area is 164 Å². The highest BCUT2D eigenvalue weighted by atomic mass is 19.1. The number of halogens is 1. The second kappa shape index (κ2) is 7.23. The lowest BCUT2D eigenvalue weighted by Gasteiger charge is -2.31. The van der Waals surface area contributed by atoms with Crippen LogP contribution in [0.5, 0.6) is 5.75 Å². The summed E-state index contributed by atoms with van der Waals surface area (Å²) < 4.78 is 20.1. The molecule has 4 nitrogen and oxygen atoms in total. The molecular formula is C23H23FN2O2. The lowest BCUT2D eigenvalue weighted by Crippen LogP contribution is -2.29. The van der Waals surface area contributed by atoms with Gasteiger partial charge in [0.05, 0.1) is 18.9 Å². The zero-order valence-corrected chi connectivity index (χ0v) is 16.3. The van der Waals surface area contributed by atoms with E-state index in [0.29, 0.717) is 11.3 Å². The summed E-state index contributed by atoms with van der Waals surface area (Å²) in [4.78, 5) is 11.7. The fraction of sp³-hybridized carbons (Fsp3) is 0.304. The first-order valence-corrected chi connectivity index (χ1v) is 9.48. The Morgan fingerprint density at radius 3 is 2.75 bits per heavy atom. The van der Waals surface area contributed by atoms with E-state index in [0.717, 1.165) is 29.9 Å². The monoisotopic (exact) mass is 378 g/mol. The first-order chi connectivity index (χ1) is 13.5. The summed E-state index contributed by atoms with van der Waals surface area (Å²) in [5.41, 5.74) is 4.53. The third-order valence-corrected chi connectivity index (χ3v) is 5.53. The highest BCUT2D eigenvalue weighted by Crippen LogP contribution is 2.46. The number of nitrogens with zero attached hydrogens (tertiary/aromatic N) is 2. The van der Waals surface area contributed by atoms with Crippen molar-refractivity contribution >= 4 is 11.5 Å². The molecule has 0 bridgehead atoms. The van der Waals surface area contributed by atoms with E-state index in [1.165, 1.54) is 18.6 Å². The van der Waals surface area contributed by atoms with Gasteiger partial charge in [0.2, 0.25) is 0 Å². The molecule has 0 saturated heterocycles. The van der Waals surface area contributed by atoms with E-state index in [2.05, 4.69) is 6.07 Å². The van der Waals surface area contributed by atoms with Crippen molar-refractivity contribution in [1.82, 2.24) is 5.01 Å². The number of hydrogen-bond acceptors (Lipinski definition) is 4. The lowest BCUT2D eigenvalue weighted by molar-refractivity contribution is -0.112. The molecule has 144 valence electrons. The number of ether oxygens (including phenoxy) is 1. The van der Waals surface area contributed by atoms with Crippen molar-refractivity contribution in [1.29, 1.82) is 0 Å². The Hall–Kier alpha value is -2.95. The van der Waals surface area contributed by atoms with Crippen LogP contribution < -0.4 is 4.74 Å². The third kappa shape index (κ3) is 3.11. The summed E-state index contributed by atoms with van der Waals surface area (Å²) in [7, 11) is 1.65. The second-order valence-electron chi connectivity index (χ2n) is 7.36. The summed E-state index contributed by atoms with van der Waals surface area (Å²) in [5.74, 6) is 0.522. The Bertz CT molecular complexity index is 996. The molecule has 1 aliphatic carbocycles. The number of hydrogen-bond donors (Lipinski definition) is 0.